The summed E-state index contributed by atoms with van der Waals surface area (Å²) in [5.41, 5.74) is 4.26. The van der Waals surface area contributed by atoms with Crippen molar-refractivity contribution in [3.8, 4) is 17.6 Å². The van der Waals surface area contributed by atoms with Crippen molar-refractivity contribution >= 4 is 17.6 Å². The summed E-state index contributed by atoms with van der Waals surface area (Å²) in [6.45, 7) is 2.46. The van der Waals surface area contributed by atoms with Crippen LogP contribution in [0.25, 0.3) is 11.6 Å². The van der Waals surface area contributed by atoms with Gasteiger partial charge in [0, 0.05) is 0 Å². The highest BCUT2D eigenvalue weighted by Gasteiger charge is 2.08. The molecule has 0 fully saturated rings. The van der Waals surface area contributed by atoms with Crippen molar-refractivity contribution in [3.63, 3.8) is 0 Å². The molecule has 0 saturated carbocycles. The number of methoxy groups -OCH3 is 1. The number of ether oxygens (including phenoxy) is 2. The second-order valence-corrected chi connectivity index (χ2v) is 6.74. The summed E-state index contributed by atoms with van der Waals surface area (Å²) in [7, 11) is 1.57. The van der Waals surface area contributed by atoms with Crippen molar-refractivity contribution < 1.29 is 19.4 Å². The Morgan fingerprint density at radius 3 is 2.27 bits per heavy atom. The number of carboxylic acid groups (broad SMARTS) is 1. The van der Waals surface area contributed by atoms with Crippen molar-refractivity contribution in [1.82, 2.24) is 0 Å². The van der Waals surface area contributed by atoms with Gasteiger partial charge in [0.2, 0.25) is 0 Å². The molecule has 0 unspecified atom stereocenters. The molecule has 0 aliphatic rings. The highest BCUT2D eigenvalue weighted by atomic mass is 16.5. The third-order valence-corrected chi connectivity index (χ3v) is 4.58. The molecular formula is C25H21NO4. The summed E-state index contributed by atoms with van der Waals surface area (Å²) in [5.74, 6) is 0.170. The molecular weight excluding hydrogens is 378 g/mol. The van der Waals surface area contributed by atoms with E-state index in [-0.39, 0.29) is 5.56 Å². The molecule has 0 atom stereocenters. The average molecular weight is 399 g/mol. The molecule has 0 aliphatic carbocycles. The summed E-state index contributed by atoms with van der Waals surface area (Å²) >= 11 is 0. The van der Waals surface area contributed by atoms with E-state index >= 15 is 0 Å². The first-order valence-electron chi connectivity index (χ1n) is 9.32. The number of nitriles is 1. The van der Waals surface area contributed by atoms with E-state index in [2.05, 4.69) is 6.07 Å². The molecule has 150 valence electrons. The van der Waals surface area contributed by atoms with E-state index in [1.807, 2.05) is 37.3 Å². The first-order chi connectivity index (χ1) is 14.5. The normalized spacial score (nSPS) is 10.9. The molecule has 0 aromatic heterocycles. The van der Waals surface area contributed by atoms with E-state index in [0.717, 1.165) is 11.1 Å². The van der Waals surface area contributed by atoms with Crippen molar-refractivity contribution in [2.75, 3.05) is 7.11 Å². The van der Waals surface area contributed by atoms with Gasteiger partial charge in [-0.3, -0.25) is 0 Å². The highest BCUT2D eigenvalue weighted by Crippen LogP contribution is 2.30. The number of rotatable bonds is 7. The summed E-state index contributed by atoms with van der Waals surface area (Å²) < 4.78 is 11.3. The minimum Gasteiger partial charge on any atom is -0.493 e. The number of hydrogen-bond donors (Lipinski definition) is 1. The van der Waals surface area contributed by atoms with Gasteiger partial charge in [-0.15, -0.1) is 0 Å². The van der Waals surface area contributed by atoms with E-state index in [4.69, 9.17) is 14.6 Å². The number of carboxylic acids is 1. The number of aryl methyl sites for hydroxylation is 1. The molecule has 0 spiro atoms. The largest absolute Gasteiger partial charge is 0.493 e. The van der Waals surface area contributed by atoms with Gasteiger partial charge in [-0.25, -0.2) is 4.79 Å². The Morgan fingerprint density at radius 2 is 1.67 bits per heavy atom. The quantitative estimate of drug-likeness (QED) is 0.428. The van der Waals surface area contributed by atoms with Crippen LogP contribution < -0.4 is 9.47 Å². The maximum absolute atomic E-state index is 11.0. The molecule has 1 N–H and O–H groups in total. The first kappa shape index (κ1) is 20.7. The number of allylic oxidation sites excluding steroid dienone is 1. The van der Waals surface area contributed by atoms with Crippen LogP contribution in [-0.2, 0) is 6.61 Å². The van der Waals surface area contributed by atoms with Crippen LogP contribution in [0.15, 0.2) is 66.7 Å². The van der Waals surface area contributed by atoms with E-state index in [1.165, 1.54) is 17.7 Å². The molecule has 5 heteroatoms. The van der Waals surface area contributed by atoms with Gasteiger partial charge in [-0.2, -0.15) is 5.26 Å². The van der Waals surface area contributed by atoms with Crippen LogP contribution in [0.2, 0.25) is 0 Å². The summed E-state index contributed by atoms with van der Waals surface area (Å²) in [5, 5.41) is 18.6. The summed E-state index contributed by atoms with van der Waals surface area (Å²) in [4.78, 5) is 11.0. The van der Waals surface area contributed by atoms with Crippen LogP contribution in [0.1, 0.15) is 32.6 Å². The van der Waals surface area contributed by atoms with Crippen LogP contribution in [0, 0.1) is 18.3 Å². The van der Waals surface area contributed by atoms with Gasteiger partial charge in [0.25, 0.3) is 0 Å². The Kier molecular flexibility index (Phi) is 6.51. The van der Waals surface area contributed by atoms with Gasteiger partial charge in [-0.05, 0) is 54.0 Å². The zero-order valence-electron chi connectivity index (χ0n) is 16.8. The van der Waals surface area contributed by atoms with Crippen molar-refractivity contribution in [1.29, 1.82) is 5.26 Å². The molecule has 0 saturated heterocycles. The smallest absolute Gasteiger partial charge is 0.335 e. The van der Waals surface area contributed by atoms with Gasteiger partial charge < -0.3 is 14.6 Å². The van der Waals surface area contributed by atoms with Crippen LogP contribution in [0.3, 0.4) is 0 Å². The highest BCUT2D eigenvalue weighted by molar-refractivity contribution is 5.92. The maximum Gasteiger partial charge on any atom is 0.335 e. The van der Waals surface area contributed by atoms with Crippen LogP contribution in [0.5, 0.6) is 11.5 Å². The molecule has 3 aromatic rings. The standard InChI is InChI=1S/C25H21NO4/c1-17-3-5-18(6-4-17)16-30-23-12-7-19(14-24(23)29-2)13-22(15-26)20-8-10-21(11-9-20)25(27)28/h3-14H,16H2,1-2H3,(H,27,28). The average Bonchev–Trinajstić information content (AvgIpc) is 2.77. The lowest BCUT2D eigenvalue weighted by Crippen LogP contribution is -1.98. The Morgan fingerprint density at radius 1 is 1.00 bits per heavy atom. The predicted molar refractivity (Wildman–Crippen MR) is 115 cm³/mol. The van der Waals surface area contributed by atoms with Gasteiger partial charge in [0.05, 0.1) is 24.3 Å². The lowest BCUT2D eigenvalue weighted by Gasteiger charge is -2.12. The monoisotopic (exact) mass is 399 g/mol. The zero-order chi connectivity index (χ0) is 21.5. The van der Waals surface area contributed by atoms with Gasteiger partial charge in [0.15, 0.2) is 11.5 Å². The topological polar surface area (TPSA) is 79.5 Å². The second kappa shape index (κ2) is 9.44. The lowest BCUT2D eigenvalue weighted by molar-refractivity contribution is 0.0697. The fraction of sp³-hybridized carbons (Fsp3) is 0.120. The molecule has 0 aliphatic heterocycles. The number of benzene rings is 3. The molecule has 0 radical (unpaired) electrons. The lowest BCUT2D eigenvalue weighted by atomic mass is 10.0. The minimum absolute atomic E-state index is 0.174. The SMILES string of the molecule is COc1cc(C=C(C#N)c2ccc(C(=O)O)cc2)ccc1OCc1ccc(C)cc1. The Bertz CT molecular complexity index is 1110. The van der Waals surface area contributed by atoms with Crippen LogP contribution in [-0.4, -0.2) is 18.2 Å². The maximum atomic E-state index is 11.0. The molecule has 0 amide bonds. The van der Waals surface area contributed by atoms with Crippen molar-refractivity contribution in [2.24, 2.45) is 0 Å². The number of aromatic carboxylic acids is 1. The fourth-order valence-electron chi connectivity index (χ4n) is 2.88. The fourth-order valence-corrected chi connectivity index (χ4v) is 2.88. The number of hydrogen-bond acceptors (Lipinski definition) is 4. The van der Waals surface area contributed by atoms with Crippen molar-refractivity contribution in [3.05, 3.63) is 94.5 Å². The summed E-state index contributed by atoms with van der Waals surface area (Å²) in [6.07, 6.45) is 1.72. The van der Waals surface area contributed by atoms with Gasteiger partial charge in [0.1, 0.15) is 6.61 Å². The molecule has 0 heterocycles. The third-order valence-electron chi connectivity index (χ3n) is 4.58. The third kappa shape index (κ3) is 5.06. The van der Waals surface area contributed by atoms with E-state index < -0.39 is 5.97 Å². The minimum atomic E-state index is -1.00. The molecule has 3 aromatic carbocycles. The molecule has 0 bridgehead atoms. The van der Waals surface area contributed by atoms with E-state index in [9.17, 15) is 10.1 Å². The van der Waals surface area contributed by atoms with Gasteiger partial charge in [-0.1, -0.05) is 48.0 Å². The number of nitrogens with zero attached hydrogens (tertiary/aromatic N) is 1. The second-order valence-electron chi connectivity index (χ2n) is 6.74. The van der Waals surface area contributed by atoms with Crippen LogP contribution >= 0.6 is 0 Å². The summed E-state index contributed by atoms with van der Waals surface area (Å²) in [6, 6.07) is 21.9. The first-order valence-corrected chi connectivity index (χ1v) is 9.32. The van der Waals surface area contributed by atoms with E-state index in [1.54, 1.807) is 37.5 Å². The molecule has 5 nitrogen and oxygen atoms in total. The Balaban J connectivity index is 1.80. The van der Waals surface area contributed by atoms with Crippen LogP contribution in [0.4, 0.5) is 0 Å². The van der Waals surface area contributed by atoms with E-state index in [0.29, 0.717) is 29.2 Å². The zero-order valence-corrected chi connectivity index (χ0v) is 16.8. The molecule has 30 heavy (non-hydrogen) atoms. The van der Waals surface area contributed by atoms with Gasteiger partial charge >= 0.3 is 5.97 Å². The predicted octanol–water partition coefficient (Wildman–Crippen LogP) is 5.35. The van der Waals surface area contributed by atoms with Crippen molar-refractivity contribution in [2.45, 2.75) is 13.5 Å². The Hall–Kier alpha value is -4.04. The number of carbonyl (C=O) groups is 1. The Labute approximate surface area is 175 Å². The molecule has 3 rings (SSSR count).